The molecule has 1 N–H and O–H groups in total. The van der Waals surface area contributed by atoms with E-state index in [2.05, 4.69) is 10.3 Å². The number of aromatic nitrogens is 2. The fraction of sp³-hybridized carbons (Fsp3) is 0.0294. The number of thioether (sulfide) groups is 1. The van der Waals surface area contributed by atoms with Crippen LogP contribution in [0, 0.1) is 0 Å². The van der Waals surface area contributed by atoms with Gasteiger partial charge in [0, 0.05) is 21.9 Å². The first-order chi connectivity index (χ1) is 20.1. The Bertz CT molecular complexity index is 1940. The monoisotopic (exact) mass is 552 g/mol. The Morgan fingerprint density at radius 2 is 1.10 bits per heavy atom. The van der Waals surface area contributed by atoms with E-state index in [1.165, 1.54) is 11.8 Å². The third kappa shape index (κ3) is 5.48. The molecule has 0 unspecified atom stereocenters. The van der Waals surface area contributed by atoms with Crippen molar-refractivity contribution in [2.24, 2.45) is 4.99 Å². The number of carbonyl (C=O) groups excluding carboxylic acids is 2. The van der Waals surface area contributed by atoms with Crippen molar-refractivity contribution < 1.29 is 9.59 Å². The van der Waals surface area contributed by atoms with Gasteiger partial charge < -0.3 is 5.32 Å². The molecule has 0 atom stereocenters. The topological polar surface area (TPSA) is 84.3 Å². The van der Waals surface area contributed by atoms with Gasteiger partial charge in [-0.1, -0.05) is 109 Å². The Kier molecular flexibility index (Phi) is 7.34. The molecule has 41 heavy (non-hydrogen) atoms. The fourth-order valence-electron chi connectivity index (χ4n) is 4.64. The summed E-state index contributed by atoms with van der Waals surface area (Å²) in [5.41, 5.74) is 5.03. The average molecular weight is 553 g/mol. The van der Waals surface area contributed by atoms with Crippen LogP contribution in [0.15, 0.2) is 126 Å². The Balaban J connectivity index is 1.38. The molecule has 4 aromatic carbocycles. The molecule has 0 aliphatic rings. The second kappa shape index (κ2) is 11.5. The molecule has 2 aromatic heterocycles. The molecule has 7 heteroatoms. The highest BCUT2D eigenvalue weighted by Gasteiger charge is 2.20. The molecular weight excluding hydrogens is 528 g/mol. The maximum atomic E-state index is 13.7. The summed E-state index contributed by atoms with van der Waals surface area (Å²) >= 11 is 1.18. The first-order valence-corrected chi connectivity index (χ1v) is 14.2. The van der Waals surface area contributed by atoms with Gasteiger partial charge >= 0.3 is 0 Å². The minimum Gasteiger partial charge on any atom is -0.301 e. The number of fused-ring (bicyclic) bond motifs is 2. The van der Waals surface area contributed by atoms with E-state index >= 15 is 0 Å². The summed E-state index contributed by atoms with van der Waals surface area (Å²) in [4.78, 5) is 41.2. The zero-order valence-electron chi connectivity index (χ0n) is 22.1. The minimum atomic E-state index is -0.494. The summed E-state index contributed by atoms with van der Waals surface area (Å²) in [6.45, 7) is 0. The molecule has 0 aliphatic carbocycles. The van der Waals surface area contributed by atoms with Crippen LogP contribution in [0.4, 0.5) is 0 Å². The van der Waals surface area contributed by atoms with Crippen LogP contribution in [0.1, 0.15) is 20.7 Å². The van der Waals surface area contributed by atoms with Crippen LogP contribution >= 0.6 is 11.8 Å². The van der Waals surface area contributed by atoms with Crippen molar-refractivity contribution in [3.8, 4) is 22.5 Å². The van der Waals surface area contributed by atoms with Crippen molar-refractivity contribution in [3.63, 3.8) is 0 Å². The number of hydrogen-bond acceptors (Lipinski definition) is 5. The van der Waals surface area contributed by atoms with Crippen LogP contribution in [-0.4, -0.2) is 33.2 Å². The number of nitrogens with zero attached hydrogens (tertiary/aromatic N) is 3. The third-order valence-electron chi connectivity index (χ3n) is 6.63. The van der Waals surface area contributed by atoms with Crippen molar-refractivity contribution >= 4 is 50.5 Å². The molecule has 198 valence electrons. The lowest BCUT2D eigenvalue weighted by Crippen LogP contribution is -2.29. The maximum Gasteiger partial charge on any atom is 0.281 e. The lowest BCUT2D eigenvalue weighted by molar-refractivity contribution is 0.0978. The van der Waals surface area contributed by atoms with Gasteiger partial charge in [-0.05, 0) is 30.5 Å². The third-order valence-corrected chi connectivity index (χ3v) is 7.21. The van der Waals surface area contributed by atoms with E-state index in [0.29, 0.717) is 22.5 Å². The summed E-state index contributed by atoms with van der Waals surface area (Å²) in [7, 11) is 0. The number of rotatable bonds is 4. The Labute approximate surface area is 241 Å². The highest BCUT2D eigenvalue weighted by Crippen LogP contribution is 2.28. The predicted molar refractivity (Wildman–Crippen MR) is 167 cm³/mol. The summed E-state index contributed by atoms with van der Waals surface area (Å²) in [5.74, 6) is -0.894. The standard InChI is InChI=1S/C34H24N4O2S/c1-41-34(37-32(39)26-20-24-16-8-10-18-28(24)35-30(26)22-12-4-2-5-13-22)38-33(40)27-21-25-17-9-11-19-29(25)36-31(27)23-14-6-3-7-15-23/h2-21H,1H3,(H,37,38,39,40). The van der Waals surface area contributed by atoms with E-state index in [1.54, 1.807) is 12.3 Å². The van der Waals surface area contributed by atoms with Gasteiger partial charge in [-0.25, -0.2) is 9.97 Å². The molecule has 6 nitrogen and oxygen atoms in total. The Morgan fingerprint density at radius 1 is 0.634 bits per heavy atom. The second-order valence-corrected chi connectivity index (χ2v) is 10.1. The van der Waals surface area contributed by atoms with Crippen LogP contribution in [0.25, 0.3) is 44.3 Å². The summed E-state index contributed by atoms with van der Waals surface area (Å²) in [5, 5.41) is 4.70. The summed E-state index contributed by atoms with van der Waals surface area (Å²) in [6.07, 6.45) is 1.76. The van der Waals surface area contributed by atoms with Crippen molar-refractivity contribution in [1.82, 2.24) is 15.3 Å². The predicted octanol–water partition coefficient (Wildman–Crippen LogP) is 7.41. The number of aliphatic imine (C=N–C) groups is 1. The smallest absolute Gasteiger partial charge is 0.281 e. The molecule has 6 aromatic rings. The second-order valence-electron chi connectivity index (χ2n) is 9.27. The van der Waals surface area contributed by atoms with Crippen LogP contribution < -0.4 is 5.32 Å². The molecular formula is C34H24N4O2S. The van der Waals surface area contributed by atoms with Crippen molar-refractivity contribution in [2.75, 3.05) is 6.26 Å². The van der Waals surface area contributed by atoms with E-state index < -0.39 is 11.8 Å². The van der Waals surface area contributed by atoms with Gasteiger partial charge in [0.15, 0.2) is 5.17 Å². The lowest BCUT2D eigenvalue weighted by atomic mass is 10.0. The fourth-order valence-corrected chi connectivity index (χ4v) is 5.01. The van der Waals surface area contributed by atoms with Gasteiger partial charge in [0.1, 0.15) is 0 Å². The highest BCUT2D eigenvalue weighted by atomic mass is 32.2. The van der Waals surface area contributed by atoms with Crippen LogP contribution in [0.3, 0.4) is 0 Å². The van der Waals surface area contributed by atoms with Gasteiger partial charge in [-0.3, -0.25) is 9.59 Å². The maximum absolute atomic E-state index is 13.7. The molecule has 0 bridgehead atoms. The molecule has 6 rings (SSSR count). The highest BCUT2D eigenvalue weighted by molar-refractivity contribution is 8.13. The van der Waals surface area contributed by atoms with Crippen LogP contribution in [0.5, 0.6) is 0 Å². The van der Waals surface area contributed by atoms with E-state index in [0.717, 1.165) is 32.9 Å². The van der Waals surface area contributed by atoms with E-state index in [1.807, 2.05) is 115 Å². The molecule has 2 amide bonds. The van der Waals surface area contributed by atoms with E-state index in [-0.39, 0.29) is 5.17 Å². The number of carbonyl (C=O) groups is 2. The van der Waals surface area contributed by atoms with Gasteiger partial charge in [0.25, 0.3) is 11.8 Å². The molecule has 0 aliphatic heterocycles. The Hall–Kier alpha value is -5.14. The number of nitrogens with one attached hydrogen (secondary N) is 1. The van der Waals surface area contributed by atoms with Crippen LogP contribution in [-0.2, 0) is 0 Å². The van der Waals surface area contributed by atoms with Gasteiger partial charge in [-0.2, -0.15) is 4.99 Å². The number of hydrogen-bond donors (Lipinski definition) is 1. The molecule has 0 spiro atoms. The van der Waals surface area contributed by atoms with Crippen molar-refractivity contribution in [1.29, 1.82) is 0 Å². The first kappa shape index (κ1) is 26.1. The largest absolute Gasteiger partial charge is 0.301 e. The van der Waals surface area contributed by atoms with Crippen LogP contribution in [0.2, 0.25) is 0 Å². The first-order valence-electron chi connectivity index (χ1n) is 13.0. The number of amidine groups is 1. The zero-order chi connectivity index (χ0) is 28.2. The SMILES string of the molecule is CSC(=NC(=O)c1cc2ccccc2nc1-c1ccccc1)NC(=O)c1cc2ccccc2nc1-c1ccccc1. The molecule has 0 saturated carbocycles. The molecule has 0 fully saturated rings. The van der Waals surface area contributed by atoms with Crippen molar-refractivity contribution in [2.45, 2.75) is 0 Å². The number of para-hydroxylation sites is 2. The van der Waals surface area contributed by atoms with E-state index in [9.17, 15) is 9.59 Å². The number of pyridine rings is 2. The number of benzene rings is 4. The van der Waals surface area contributed by atoms with Gasteiger partial charge in [-0.15, -0.1) is 0 Å². The molecule has 2 heterocycles. The number of amides is 2. The summed E-state index contributed by atoms with van der Waals surface area (Å²) < 4.78 is 0. The minimum absolute atomic E-state index is 0.180. The lowest BCUT2D eigenvalue weighted by Gasteiger charge is -2.12. The van der Waals surface area contributed by atoms with Gasteiger partial charge in [0.2, 0.25) is 0 Å². The quantitative estimate of drug-likeness (QED) is 0.182. The Morgan fingerprint density at radius 3 is 1.63 bits per heavy atom. The zero-order valence-corrected chi connectivity index (χ0v) is 22.9. The molecule has 0 radical (unpaired) electrons. The average Bonchev–Trinajstić information content (AvgIpc) is 3.03. The molecule has 0 saturated heterocycles. The van der Waals surface area contributed by atoms with Gasteiger partial charge in [0.05, 0.1) is 33.5 Å². The summed E-state index contributed by atoms with van der Waals surface area (Å²) in [6, 6.07) is 38.0. The van der Waals surface area contributed by atoms with Crippen molar-refractivity contribution in [3.05, 3.63) is 132 Å². The normalized spacial score (nSPS) is 11.5. The van der Waals surface area contributed by atoms with E-state index in [4.69, 9.17) is 9.97 Å².